The Morgan fingerprint density at radius 1 is 1.45 bits per heavy atom. The number of fused-ring (bicyclic) bond motifs is 1. The van der Waals surface area contributed by atoms with Crippen LogP contribution >= 0.6 is 0 Å². The van der Waals surface area contributed by atoms with E-state index in [2.05, 4.69) is 10.1 Å². The molecule has 3 heterocycles. The molecule has 1 atom stereocenters. The predicted molar refractivity (Wildman–Crippen MR) is 81.7 cm³/mol. The van der Waals surface area contributed by atoms with E-state index in [1.807, 2.05) is 18.7 Å². The molecular formula is C16H21N3O3. The van der Waals surface area contributed by atoms with Crippen molar-refractivity contribution in [1.82, 2.24) is 15.0 Å². The summed E-state index contributed by atoms with van der Waals surface area (Å²) in [5.41, 5.74) is 2.44. The van der Waals surface area contributed by atoms with Gasteiger partial charge in [0.2, 0.25) is 0 Å². The number of pyridine rings is 1. The summed E-state index contributed by atoms with van der Waals surface area (Å²) in [7, 11) is 0. The van der Waals surface area contributed by atoms with Crippen LogP contribution in [0.3, 0.4) is 0 Å². The van der Waals surface area contributed by atoms with E-state index >= 15 is 0 Å². The third kappa shape index (κ3) is 2.59. The maximum atomic E-state index is 13.0. The number of aliphatic hydroxyl groups excluding tert-OH is 1. The van der Waals surface area contributed by atoms with E-state index in [9.17, 15) is 9.90 Å². The summed E-state index contributed by atoms with van der Waals surface area (Å²) >= 11 is 0. The summed E-state index contributed by atoms with van der Waals surface area (Å²) in [6.45, 7) is 4.50. The van der Waals surface area contributed by atoms with E-state index in [1.165, 1.54) is 0 Å². The molecule has 0 aromatic carbocycles. The summed E-state index contributed by atoms with van der Waals surface area (Å²) in [4.78, 5) is 19.2. The van der Waals surface area contributed by atoms with Crippen molar-refractivity contribution in [3.05, 3.63) is 23.0 Å². The van der Waals surface area contributed by atoms with Crippen LogP contribution in [0.25, 0.3) is 11.1 Å². The normalized spacial score (nSPS) is 18.9. The Bertz CT molecular complexity index is 693. The highest BCUT2D eigenvalue weighted by molar-refractivity contribution is 6.06. The highest BCUT2D eigenvalue weighted by atomic mass is 16.5. The number of aliphatic hydroxyl groups is 1. The number of aryl methyl sites for hydroxylation is 2. The fraction of sp³-hybridized carbons (Fsp3) is 0.562. The van der Waals surface area contributed by atoms with Gasteiger partial charge in [-0.2, -0.15) is 0 Å². The number of nitrogens with zero attached hydrogens (tertiary/aromatic N) is 3. The molecule has 0 aliphatic carbocycles. The first-order valence-electron chi connectivity index (χ1n) is 7.77. The average molecular weight is 303 g/mol. The molecule has 118 valence electrons. The van der Waals surface area contributed by atoms with E-state index in [1.54, 1.807) is 6.07 Å². The van der Waals surface area contributed by atoms with Crippen LogP contribution in [-0.4, -0.2) is 45.2 Å². The summed E-state index contributed by atoms with van der Waals surface area (Å²) in [6, 6.07) is 1.91. The Hall–Kier alpha value is -1.95. The van der Waals surface area contributed by atoms with Crippen molar-refractivity contribution in [2.24, 2.45) is 0 Å². The SMILES string of the molecule is Cc1cc(C(=O)N2CCCCC2CCO)c2c(C)noc2n1. The van der Waals surface area contributed by atoms with Crippen LogP contribution < -0.4 is 0 Å². The molecule has 0 radical (unpaired) electrons. The first kappa shape index (κ1) is 15.0. The maximum Gasteiger partial charge on any atom is 0.258 e. The fourth-order valence-corrected chi connectivity index (χ4v) is 3.26. The molecular weight excluding hydrogens is 282 g/mol. The molecule has 3 rings (SSSR count). The number of piperidine rings is 1. The predicted octanol–water partition coefficient (Wildman–Crippen LogP) is 2.22. The molecule has 6 heteroatoms. The van der Waals surface area contributed by atoms with Gasteiger partial charge in [0.25, 0.3) is 11.6 Å². The second-order valence-corrected chi connectivity index (χ2v) is 5.92. The van der Waals surface area contributed by atoms with Crippen LogP contribution in [0.4, 0.5) is 0 Å². The van der Waals surface area contributed by atoms with Gasteiger partial charge < -0.3 is 14.5 Å². The Labute approximate surface area is 129 Å². The molecule has 1 aliphatic heterocycles. The number of amides is 1. The summed E-state index contributed by atoms with van der Waals surface area (Å²) in [5, 5.41) is 13.9. The number of likely N-dealkylation sites (tertiary alicyclic amines) is 1. The smallest absolute Gasteiger partial charge is 0.258 e. The zero-order chi connectivity index (χ0) is 15.7. The van der Waals surface area contributed by atoms with Gasteiger partial charge in [-0.25, -0.2) is 4.98 Å². The second kappa shape index (κ2) is 6.04. The van der Waals surface area contributed by atoms with Crippen LogP contribution in [0.5, 0.6) is 0 Å². The van der Waals surface area contributed by atoms with Gasteiger partial charge in [-0.1, -0.05) is 5.16 Å². The Morgan fingerprint density at radius 2 is 2.27 bits per heavy atom. The van der Waals surface area contributed by atoms with Gasteiger partial charge in [0.15, 0.2) is 0 Å². The first-order valence-corrected chi connectivity index (χ1v) is 7.77. The van der Waals surface area contributed by atoms with Gasteiger partial charge in [-0.05, 0) is 45.6 Å². The molecule has 1 saturated heterocycles. The standard InChI is InChI=1S/C16H21N3O3/c1-10-9-13(14-11(2)18-22-15(14)17-10)16(21)19-7-4-3-5-12(19)6-8-20/h9,12,20H,3-8H2,1-2H3. The van der Waals surface area contributed by atoms with Crippen LogP contribution in [0.2, 0.25) is 0 Å². The van der Waals surface area contributed by atoms with Crippen LogP contribution in [0, 0.1) is 13.8 Å². The number of hydrogen-bond acceptors (Lipinski definition) is 5. The number of carbonyl (C=O) groups excluding carboxylic acids is 1. The third-order valence-electron chi connectivity index (χ3n) is 4.33. The van der Waals surface area contributed by atoms with Gasteiger partial charge in [0.1, 0.15) is 0 Å². The van der Waals surface area contributed by atoms with Crippen molar-refractivity contribution in [3.8, 4) is 0 Å². The van der Waals surface area contributed by atoms with E-state index < -0.39 is 0 Å². The number of aromatic nitrogens is 2. The minimum absolute atomic E-state index is 0.0139. The van der Waals surface area contributed by atoms with Gasteiger partial charge in [-0.15, -0.1) is 0 Å². The van der Waals surface area contributed by atoms with Crippen LogP contribution in [0.1, 0.15) is 47.4 Å². The molecule has 0 spiro atoms. The lowest BCUT2D eigenvalue weighted by atomic mass is 9.97. The number of rotatable bonds is 3. The number of hydrogen-bond donors (Lipinski definition) is 1. The average Bonchev–Trinajstić information content (AvgIpc) is 2.88. The third-order valence-corrected chi connectivity index (χ3v) is 4.33. The first-order chi connectivity index (χ1) is 10.6. The summed E-state index contributed by atoms with van der Waals surface area (Å²) in [6.07, 6.45) is 3.68. The largest absolute Gasteiger partial charge is 0.396 e. The Balaban J connectivity index is 2.02. The molecule has 2 aromatic rings. The molecule has 2 aromatic heterocycles. The van der Waals surface area contributed by atoms with Gasteiger partial charge in [-0.3, -0.25) is 4.79 Å². The van der Waals surface area contributed by atoms with Crippen molar-refractivity contribution in [3.63, 3.8) is 0 Å². The van der Waals surface area contributed by atoms with E-state index in [0.717, 1.165) is 31.5 Å². The molecule has 0 bridgehead atoms. The van der Waals surface area contributed by atoms with Gasteiger partial charge in [0, 0.05) is 24.9 Å². The zero-order valence-electron chi connectivity index (χ0n) is 13.0. The molecule has 1 amide bonds. The van der Waals surface area contributed by atoms with E-state index in [-0.39, 0.29) is 18.6 Å². The molecule has 1 unspecified atom stereocenters. The molecule has 6 nitrogen and oxygen atoms in total. The Kier molecular flexibility index (Phi) is 4.11. The highest BCUT2D eigenvalue weighted by Crippen LogP contribution is 2.27. The second-order valence-electron chi connectivity index (χ2n) is 5.92. The molecule has 22 heavy (non-hydrogen) atoms. The van der Waals surface area contributed by atoms with E-state index in [4.69, 9.17) is 4.52 Å². The molecule has 1 N–H and O–H groups in total. The molecule has 1 aliphatic rings. The maximum absolute atomic E-state index is 13.0. The van der Waals surface area contributed by atoms with E-state index in [0.29, 0.717) is 28.8 Å². The lowest BCUT2D eigenvalue weighted by molar-refractivity contribution is 0.0576. The minimum Gasteiger partial charge on any atom is -0.396 e. The quantitative estimate of drug-likeness (QED) is 0.940. The number of carbonyl (C=O) groups is 1. The summed E-state index contributed by atoms with van der Waals surface area (Å²) < 4.78 is 5.21. The zero-order valence-corrected chi connectivity index (χ0v) is 13.0. The van der Waals surface area contributed by atoms with Crippen molar-refractivity contribution >= 4 is 17.0 Å². The highest BCUT2D eigenvalue weighted by Gasteiger charge is 2.29. The minimum atomic E-state index is -0.0139. The topological polar surface area (TPSA) is 79.5 Å². The van der Waals surface area contributed by atoms with Crippen LogP contribution in [0.15, 0.2) is 10.6 Å². The van der Waals surface area contributed by atoms with Crippen LogP contribution in [-0.2, 0) is 0 Å². The molecule has 1 fully saturated rings. The van der Waals surface area contributed by atoms with Gasteiger partial charge in [0.05, 0.1) is 16.6 Å². The van der Waals surface area contributed by atoms with Crippen molar-refractivity contribution in [2.45, 2.75) is 45.6 Å². The van der Waals surface area contributed by atoms with Crippen molar-refractivity contribution in [1.29, 1.82) is 0 Å². The lowest BCUT2D eigenvalue weighted by Crippen LogP contribution is -2.44. The lowest BCUT2D eigenvalue weighted by Gasteiger charge is -2.35. The van der Waals surface area contributed by atoms with Crippen molar-refractivity contribution in [2.75, 3.05) is 13.2 Å². The summed E-state index contributed by atoms with van der Waals surface area (Å²) in [5.74, 6) is -0.0139. The van der Waals surface area contributed by atoms with Crippen molar-refractivity contribution < 1.29 is 14.4 Å². The monoisotopic (exact) mass is 303 g/mol. The molecule has 0 saturated carbocycles. The Morgan fingerprint density at radius 3 is 3.05 bits per heavy atom. The van der Waals surface area contributed by atoms with Gasteiger partial charge >= 0.3 is 0 Å². The fourth-order valence-electron chi connectivity index (χ4n) is 3.26.